The van der Waals surface area contributed by atoms with E-state index in [9.17, 15) is 9.59 Å². The summed E-state index contributed by atoms with van der Waals surface area (Å²) in [6, 6.07) is 13.7. The number of carbonyl (C=O) groups is 2. The smallest absolute Gasteiger partial charge is 0.411 e. The van der Waals surface area contributed by atoms with Crippen LogP contribution in [-0.4, -0.2) is 23.8 Å². The van der Waals surface area contributed by atoms with Gasteiger partial charge in [0.2, 0.25) is 0 Å². The number of hydrogen-bond acceptors (Lipinski definition) is 6. The number of nitrogens with one attached hydrogen (secondary N) is 2. The number of carbonyl (C=O) groups excluding carboxylic acids is 2. The van der Waals surface area contributed by atoms with E-state index in [2.05, 4.69) is 15.8 Å². The van der Waals surface area contributed by atoms with Crippen molar-refractivity contribution in [3.05, 3.63) is 71.1 Å². The number of amides is 2. The van der Waals surface area contributed by atoms with Gasteiger partial charge in [-0.25, -0.2) is 4.79 Å². The second-order valence-corrected chi connectivity index (χ2v) is 7.77. The molecule has 168 valence electrons. The second kappa shape index (κ2) is 10.5. The second-order valence-electron chi connectivity index (χ2n) is 7.77. The minimum Gasteiger partial charge on any atom is -0.489 e. The molecular weight excluding hydrogens is 410 g/mol. The van der Waals surface area contributed by atoms with Crippen LogP contribution in [0.2, 0.25) is 0 Å². The van der Waals surface area contributed by atoms with Crippen molar-refractivity contribution in [1.82, 2.24) is 5.16 Å². The summed E-state index contributed by atoms with van der Waals surface area (Å²) in [5.74, 6) is 1.21. The largest absolute Gasteiger partial charge is 0.489 e. The Labute approximate surface area is 186 Å². The zero-order chi connectivity index (χ0) is 23.1. The van der Waals surface area contributed by atoms with Crippen LogP contribution in [0.3, 0.4) is 0 Å². The maximum Gasteiger partial charge on any atom is 0.411 e. The summed E-state index contributed by atoms with van der Waals surface area (Å²) in [6.07, 6.45) is -0.537. The fourth-order valence-corrected chi connectivity index (χ4v) is 2.86. The summed E-state index contributed by atoms with van der Waals surface area (Å²) in [4.78, 5) is 24.6. The highest BCUT2D eigenvalue weighted by atomic mass is 16.5. The van der Waals surface area contributed by atoms with Gasteiger partial charge in [-0.2, -0.15) is 0 Å². The predicted octanol–water partition coefficient (Wildman–Crippen LogP) is 5.33. The van der Waals surface area contributed by atoms with Gasteiger partial charge in [0.25, 0.3) is 5.91 Å². The number of nitrogens with zero attached hydrogens (tertiary/aromatic N) is 1. The molecule has 0 fully saturated rings. The van der Waals surface area contributed by atoms with Crippen molar-refractivity contribution in [2.75, 3.05) is 17.2 Å². The molecule has 3 rings (SSSR count). The number of aryl methyl sites for hydroxylation is 2. The lowest BCUT2D eigenvalue weighted by Crippen LogP contribution is -2.17. The molecule has 0 saturated heterocycles. The van der Waals surface area contributed by atoms with Crippen LogP contribution in [0.5, 0.6) is 5.75 Å². The van der Waals surface area contributed by atoms with Gasteiger partial charge in [-0.3, -0.25) is 10.1 Å². The Hall–Kier alpha value is -3.81. The van der Waals surface area contributed by atoms with Crippen molar-refractivity contribution in [2.45, 2.75) is 34.3 Å². The molecule has 1 heterocycles. The quantitative estimate of drug-likeness (QED) is 0.494. The molecule has 0 spiro atoms. The molecule has 0 aliphatic heterocycles. The Morgan fingerprint density at radius 1 is 1.03 bits per heavy atom. The summed E-state index contributed by atoms with van der Waals surface area (Å²) in [5, 5.41) is 9.39. The molecule has 8 nitrogen and oxygen atoms in total. The van der Waals surface area contributed by atoms with Crippen LogP contribution in [0.1, 0.15) is 41.2 Å². The first-order valence-electron chi connectivity index (χ1n) is 10.3. The molecule has 32 heavy (non-hydrogen) atoms. The molecule has 3 aromatic rings. The third-order valence-electron chi connectivity index (χ3n) is 4.58. The Morgan fingerprint density at radius 3 is 2.44 bits per heavy atom. The lowest BCUT2D eigenvalue weighted by molar-refractivity contribution is 0.102. The normalized spacial score (nSPS) is 10.7. The van der Waals surface area contributed by atoms with E-state index in [0.29, 0.717) is 41.7 Å². The summed E-state index contributed by atoms with van der Waals surface area (Å²) < 4.78 is 16.1. The zero-order valence-corrected chi connectivity index (χ0v) is 18.6. The molecule has 8 heteroatoms. The SMILES string of the molecule is Cc1noc(C)c1COc1cccc(C(=O)Nc2cccc(NC(=O)OCC(C)C)c2)c1. The first-order chi connectivity index (χ1) is 15.3. The molecule has 0 unspecified atom stereocenters. The van der Waals surface area contributed by atoms with Crippen LogP contribution in [0, 0.1) is 19.8 Å². The van der Waals surface area contributed by atoms with E-state index >= 15 is 0 Å². The molecule has 0 aliphatic carbocycles. The molecule has 0 atom stereocenters. The van der Waals surface area contributed by atoms with E-state index in [4.69, 9.17) is 14.0 Å². The lowest BCUT2D eigenvalue weighted by Gasteiger charge is -2.11. The maximum absolute atomic E-state index is 12.7. The van der Waals surface area contributed by atoms with E-state index in [1.165, 1.54) is 0 Å². The fraction of sp³-hybridized carbons (Fsp3) is 0.292. The molecule has 0 saturated carbocycles. The predicted molar refractivity (Wildman–Crippen MR) is 121 cm³/mol. The number of ether oxygens (including phenoxy) is 2. The first-order valence-corrected chi connectivity index (χ1v) is 10.3. The van der Waals surface area contributed by atoms with Crippen LogP contribution >= 0.6 is 0 Å². The topological polar surface area (TPSA) is 103 Å². The van der Waals surface area contributed by atoms with Gasteiger partial charge in [-0.1, -0.05) is 31.1 Å². The van der Waals surface area contributed by atoms with Gasteiger partial charge >= 0.3 is 6.09 Å². The molecule has 2 N–H and O–H groups in total. The number of anilines is 2. The van der Waals surface area contributed by atoms with Gasteiger partial charge in [0.1, 0.15) is 18.1 Å². The lowest BCUT2D eigenvalue weighted by atomic mass is 10.2. The van der Waals surface area contributed by atoms with Crippen LogP contribution in [0.15, 0.2) is 53.1 Å². The van der Waals surface area contributed by atoms with Crippen molar-refractivity contribution in [1.29, 1.82) is 0 Å². The first kappa shape index (κ1) is 22.9. The number of rotatable bonds is 8. The van der Waals surface area contributed by atoms with Crippen LogP contribution in [0.25, 0.3) is 0 Å². The van der Waals surface area contributed by atoms with E-state index < -0.39 is 6.09 Å². The van der Waals surface area contributed by atoms with Crippen LogP contribution in [-0.2, 0) is 11.3 Å². The highest BCUT2D eigenvalue weighted by Gasteiger charge is 2.12. The van der Waals surface area contributed by atoms with Crippen LogP contribution in [0.4, 0.5) is 16.2 Å². The maximum atomic E-state index is 12.7. The zero-order valence-electron chi connectivity index (χ0n) is 18.6. The summed E-state index contributed by atoms with van der Waals surface area (Å²) >= 11 is 0. The number of benzene rings is 2. The number of hydrogen-bond donors (Lipinski definition) is 2. The summed E-state index contributed by atoms with van der Waals surface area (Å²) in [6.45, 7) is 8.23. The van der Waals surface area contributed by atoms with Crippen LogP contribution < -0.4 is 15.4 Å². The Bertz CT molecular complexity index is 1070. The molecular formula is C24H27N3O5. The van der Waals surface area contributed by atoms with Crippen molar-refractivity contribution >= 4 is 23.4 Å². The molecule has 1 aromatic heterocycles. The van der Waals surface area contributed by atoms with Crippen molar-refractivity contribution < 1.29 is 23.6 Å². The minimum absolute atomic E-state index is 0.246. The third kappa shape index (κ3) is 6.34. The molecule has 0 bridgehead atoms. The third-order valence-corrected chi connectivity index (χ3v) is 4.58. The van der Waals surface area contributed by atoms with Gasteiger partial charge in [0.15, 0.2) is 0 Å². The van der Waals surface area contributed by atoms with Gasteiger partial charge in [-0.05, 0) is 56.2 Å². The van der Waals surface area contributed by atoms with Crippen molar-refractivity contribution in [3.8, 4) is 5.75 Å². The van der Waals surface area contributed by atoms with E-state index in [1.807, 2.05) is 27.7 Å². The number of aromatic nitrogens is 1. The summed E-state index contributed by atoms with van der Waals surface area (Å²) in [7, 11) is 0. The average Bonchev–Trinajstić information content (AvgIpc) is 3.08. The Morgan fingerprint density at radius 2 is 1.75 bits per heavy atom. The average molecular weight is 437 g/mol. The van der Waals surface area contributed by atoms with Gasteiger partial charge in [0.05, 0.1) is 17.9 Å². The van der Waals surface area contributed by atoms with E-state index in [-0.39, 0.29) is 11.8 Å². The van der Waals surface area contributed by atoms with Gasteiger partial charge < -0.3 is 19.3 Å². The molecule has 2 amide bonds. The molecule has 0 radical (unpaired) electrons. The van der Waals surface area contributed by atoms with Crippen molar-refractivity contribution in [3.63, 3.8) is 0 Å². The van der Waals surface area contributed by atoms with Gasteiger partial charge in [0, 0.05) is 16.9 Å². The minimum atomic E-state index is -0.537. The highest BCUT2D eigenvalue weighted by molar-refractivity contribution is 6.04. The molecule has 0 aliphatic rings. The van der Waals surface area contributed by atoms with Crippen molar-refractivity contribution in [2.24, 2.45) is 5.92 Å². The summed E-state index contributed by atoms with van der Waals surface area (Å²) in [5.41, 5.74) is 3.16. The highest BCUT2D eigenvalue weighted by Crippen LogP contribution is 2.20. The van der Waals surface area contributed by atoms with E-state index in [1.54, 1.807) is 48.5 Å². The Kier molecular flexibility index (Phi) is 7.49. The fourth-order valence-electron chi connectivity index (χ4n) is 2.86. The molecule has 2 aromatic carbocycles. The standard InChI is InChI=1S/C24H27N3O5/c1-15(2)13-31-24(29)26-20-9-6-8-19(12-20)25-23(28)18-7-5-10-21(11-18)30-14-22-16(3)27-32-17(22)4/h5-12,15H,13-14H2,1-4H3,(H,25,28)(H,26,29). The van der Waals surface area contributed by atoms with Gasteiger partial charge in [-0.15, -0.1) is 0 Å². The monoisotopic (exact) mass is 437 g/mol. The Balaban J connectivity index is 1.61. The van der Waals surface area contributed by atoms with E-state index in [0.717, 1.165) is 11.3 Å².